The summed E-state index contributed by atoms with van der Waals surface area (Å²) < 4.78 is 1.54. The van der Waals surface area contributed by atoms with Gasteiger partial charge in [-0.05, 0) is 50.6 Å². The largest absolute Gasteiger partial charge is 4.00 e. The molecular formula is C38H30N5Pt2-3. The minimum absolute atomic E-state index is 0. The molecule has 1 saturated carbocycles. The number of rotatable bonds is 6. The molecular weight excluding hydrogens is 917 g/mol. The van der Waals surface area contributed by atoms with Crippen molar-refractivity contribution in [3.63, 3.8) is 0 Å². The Morgan fingerprint density at radius 3 is 2.36 bits per heavy atom. The Bertz CT molecular complexity index is 1710. The first-order valence-corrected chi connectivity index (χ1v) is 14.4. The predicted molar refractivity (Wildman–Crippen MR) is 171 cm³/mol. The average molecular weight is 947 g/mol. The van der Waals surface area contributed by atoms with Crippen LogP contribution in [0.1, 0.15) is 25.7 Å². The molecule has 1 fully saturated rings. The van der Waals surface area contributed by atoms with E-state index < -0.39 is 0 Å². The maximum Gasteiger partial charge on any atom is 4.00 e. The van der Waals surface area contributed by atoms with Crippen molar-refractivity contribution in [1.82, 2.24) is 14.5 Å². The van der Waals surface area contributed by atoms with E-state index in [1.165, 1.54) is 12.8 Å². The van der Waals surface area contributed by atoms with Crippen molar-refractivity contribution in [3.8, 4) is 28.4 Å². The molecule has 3 heterocycles. The molecule has 5 aromatic rings. The van der Waals surface area contributed by atoms with Gasteiger partial charge in [0.1, 0.15) is 0 Å². The molecule has 7 rings (SSSR count). The number of hydrogen-bond donors (Lipinski definition) is 0. The fraction of sp³-hybridized carbons (Fsp3) is 0.158. The van der Waals surface area contributed by atoms with Gasteiger partial charge < -0.3 is 48.4 Å². The van der Waals surface area contributed by atoms with E-state index in [1.807, 2.05) is 72.9 Å². The van der Waals surface area contributed by atoms with Gasteiger partial charge in [-0.15, -0.1) is 35.6 Å². The number of aromatic nitrogens is 2. The molecule has 0 radical (unpaired) electrons. The van der Waals surface area contributed by atoms with Crippen LogP contribution in [0, 0.1) is 49.5 Å². The summed E-state index contributed by atoms with van der Waals surface area (Å²) in [6, 6.07) is 43.9. The molecule has 3 aromatic carbocycles. The molecule has 1 aliphatic heterocycles. The predicted octanol–water partition coefficient (Wildman–Crippen LogP) is 7.72. The van der Waals surface area contributed by atoms with Gasteiger partial charge in [-0.3, -0.25) is 6.07 Å². The third-order valence-corrected chi connectivity index (χ3v) is 7.41. The van der Waals surface area contributed by atoms with Gasteiger partial charge in [0.05, 0.1) is 0 Å². The number of benzene rings is 3. The van der Waals surface area contributed by atoms with Crippen LogP contribution in [0.4, 0.5) is 17.1 Å². The SMILES string of the molecule is CN1C=CN(c2[c-]c(N(c3[c-]c(-c4[c-]c(-c5[c-]cccc5)ccn4)[c-]cc3)C3CCCC3)ccc2)[CH-]1.[C-]#Cn1cccc1.[Pt+4].[Pt]. The van der Waals surface area contributed by atoms with Crippen LogP contribution in [-0.4, -0.2) is 27.5 Å². The molecule has 0 bridgehead atoms. The molecule has 0 saturated heterocycles. The molecule has 1 aliphatic carbocycles. The van der Waals surface area contributed by atoms with Crippen molar-refractivity contribution in [3.05, 3.63) is 147 Å². The number of hydrogen-bond acceptors (Lipinski definition) is 4. The number of anilines is 3. The Hall–Kier alpha value is -3.83. The Balaban J connectivity index is 0.000000455. The maximum absolute atomic E-state index is 6.57. The quantitative estimate of drug-likeness (QED) is 0.129. The fourth-order valence-electron chi connectivity index (χ4n) is 5.33. The first kappa shape index (κ1) is 34.0. The minimum atomic E-state index is 0. The summed E-state index contributed by atoms with van der Waals surface area (Å²) in [4.78, 5) is 11.1. The van der Waals surface area contributed by atoms with E-state index in [0.29, 0.717) is 6.04 Å². The standard InChI is InChI=1S/C32H26N4.C6H4N.2Pt/c1-34-19-20-35(24-34)29-14-8-16-31(23-29)36(28-12-5-6-13-28)30-15-7-11-27(21-30)32-22-26(17-18-33-32)25-9-3-2-4-10-25;1-2-7-5-3-4-6-7;;/h2-4,7-9,14-20,24,28H,5-6,12-13H2,1H3;3-6H;;/q-6;-1;;+4. The average Bonchev–Trinajstić information content (AvgIpc) is 3.87. The van der Waals surface area contributed by atoms with Gasteiger partial charge >= 0.3 is 21.1 Å². The van der Waals surface area contributed by atoms with Crippen LogP contribution in [0.3, 0.4) is 0 Å². The van der Waals surface area contributed by atoms with E-state index >= 15 is 0 Å². The molecule has 7 heteroatoms. The topological polar surface area (TPSA) is 27.5 Å². The zero-order valence-corrected chi connectivity index (χ0v) is 29.2. The summed E-state index contributed by atoms with van der Waals surface area (Å²) in [7, 11) is 2.03. The van der Waals surface area contributed by atoms with E-state index in [1.54, 1.807) is 17.0 Å². The first-order valence-electron chi connectivity index (χ1n) is 14.4. The van der Waals surface area contributed by atoms with Crippen LogP contribution in [0.15, 0.2) is 104 Å². The van der Waals surface area contributed by atoms with E-state index in [2.05, 4.69) is 88.3 Å². The van der Waals surface area contributed by atoms with Crippen molar-refractivity contribution >= 4 is 17.1 Å². The molecule has 2 aromatic heterocycles. The van der Waals surface area contributed by atoms with E-state index in [9.17, 15) is 0 Å². The smallest absolute Gasteiger partial charge is 0.669 e. The van der Waals surface area contributed by atoms with Gasteiger partial charge in [0.25, 0.3) is 0 Å². The van der Waals surface area contributed by atoms with E-state index in [0.717, 1.165) is 52.3 Å². The molecule has 5 nitrogen and oxygen atoms in total. The van der Waals surface area contributed by atoms with Crippen LogP contribution in [0.25, 0.3) is 22.4 Å². The number of nitrogens with zero attached hydrogens (tertiary/aromatic N) is 5. The van der Waals surface area contributed by atoms with E-state index in [4.69, 9.17) is 6.42 Å². The summed E-state index contributed by atoms with van der Waals surface area (Å²) in [5.74, 6) is 0. The summed E-state index contributed by atoms with van der Waals surface area (Å²) >= 11 is 0. The van der Waals surface area contributed by atoms with Crippen LogP contribution in [0.2, 0.25) is 0 Å². The summed E-state index contributed by atoms with van der Waals surface area (Å²) in [6.45, 7) is 2.05. The van der Waals surface area contributed by atoms with Gasteiger partial charge in [0.2, 0.25) is 0 Å². The van der Waals surface area contributed by atoms with Crippen LogP contribution in [-0.2, 0) is 42.1 Å². The van der Waals surface area contributed by atoms with E-state index in [-0.39, 0.29) is 42.1 Å². The molecule has 0 spiro atoms. The third-order valence-electron chi connectivity index (χ3n) is 7.41. The zero-order valence-electron chi connectivity index (χ0n) is 24.7. The Labute approximate surface area is 296 Å². The van der Waals surface area contributed by atoms with Crippen LogP contribution < -0.4 is 9.80 Å². The fourth-order valence-corrected chi connectivity index (χ4v) is 5.33. The third kappa shape index (κ3) is 8.46. The Morgan fingerprint density at radius 2 is 1.67 bits per heavy atom. The van der Waals surface area contributed by atoms with Crippen molar-refractivity contribution in [2.24, 2.45) is 0 Å². The summed E-state index contributed by atoms with van der Waals surface area (Å²) in [5, 5.41) is 0. The summed E-state index contributed by atoms with van der Waals surface area (Å²) in [5.41, 5.74) is 6.57. The molecule has 0 unspecified atom stereocenters. The van der Waals surface area contributed by atoms with Crippen molar-refractivity contribution in [2.45, 2.75) is 31.7 Å². The molecule has 2 aliphatic rings. The second-order valence-electron chi connectivity index (χ2n) is 10.4. The zero-order chi connectivity index (χ0) is 29.4. The second-order valence-corrected chi connectivity index (χ2v) is 10.4. The monoisotopic (exact) mass is 946 g/mol. The number of pyridine rings is 1. The van der Waals surface area contributed by atoms with Gasteiger partial charge in [-0.1, -0.05) is 18.5 Å². The molecule has 0 atom stereocenters. The first-order chi connectivity index (χ1) is 21.2. The second kappa shape index (κ2) is 16.5. The van der Waals surface area contributed by atoms with Gasteiger partial charge in [-0.2, -0.15) is 48.8 Å². The molecule has 0 amide bonds. The molecule has 230 valence electrons. The van der Waals surface area contributed by atoms with Crippen LogP contribution >= 0.6 is 0 Å². The maximum atomic E-state index is 6.57. The van der Waals surface area contributed by atoms with Gasteiger partial charge in [0, 0.05) is 39.5 Å². The Morgan fingerprint density at radius 1 is 0.867 bits per heavy atom. The normalized spacial score (nSPS) is 13.7. The van der Waals surface area contributed by atoms with Crippen molar-refractivity contribution in [1.29, 1.82) is 0 Å². The van der Waals surface area contributed by atoms with Crippen molar-refractivity contribution < 1.29 is 42.1 Å². The van der Waals surface area contributed by atoms with Crippen LogP contribution in [0.5, 0.6) is 0 Å². The Kier molecular flexibility index (Phi) is 12.5. The molecule has 45 heavy (non-hydrogen) atoms. The summed E-state index contributed by atoms with van der Waals surface area (Å²) in [6.07, 6.45) is 20.8. The van der Waals surface area contributed by atoms with Gasteiger partial charge in [-0.25, -0.2) is 29.3 Å². The van der Waals surface area contributed by atoms with Crippen molar-refractivity contribution in [2.75, 3.05) is 16.8 Å². The van der Waals surface area contributed by atoms with Gasteiger partial charge in [0.15, 0.2) is 0 Å². The minimum Gasteiger partial charge on any atom is -0.669 e. The molecule has 0 N–H and O–H groups in total.